The first kappa shape index (κ1) is 13.5. The SMILES string of the molecule is Cn1c(C(F)(F)F)nc2c(-c3ccc(O)cc3)cccc21. The van der Waals surface area contributed by atoms with Crippen LogP contribution in [0.4, 0.5) is 13.2 Å². The van der Waals surface area contributed by atoms with Crippen LogP contribution in [-0.4, -0.2) is 14.7 Å². The van der Waals surface area contributed by atoms with Crippen LogP contribution in [0.15, 0.2) is 42.5 Å². The van der Waals surface area contributed by atoms with Gasteiger partial charge in [0, 0.05) is 12.6 Å². The van der Waals surface area contributed by atoms with Gasteiger partial charge < -0.3 is 9.67 Å². The maximum atomic E-state index is 13.0. The van der Waals surface area contributed by atoms with E-state index < -0.39 is 12.0 Å². The molecule has 3 rings (SSSR count). The molecular weight excluding hydrogens is 281 g/mol. The number of phenols is 1. The lowest BCUT2D eigenvalue weighted by Crippen LogP contribution is -2.12. The van der Waals surface area contributed by atoms with Crippen LogP contribution in [0.1, 0.15) is 5.82 Å². The Morgan fingerprint density at radius 3 is 2.33 bits per heavy atom. The quantitative estimate of drug-likeness (QED) is 0.737. The molecule has 1 N–H and O–H groups in total. The lowest BCUT2D eigenvalue weighted by atomic mass is 10.0. The van der Waals surface area contributed by atoms with Gasteiger partial charge in [-0.05, 0) is 23.8 Å². The van der Waals surface area contributed by atoms with Crippen LogP contribution in [0.3, 0.4) is 0 Å². The molecule has 0 amide bonds. The summed E-state index contributed by atoms with van der Waals surface area (Å²) in [6.45, 7) is 0. The number of nitrogens with zero attached hydrogens (tertiary/aromatic N) is 2. The second-order valence-corrected chi connectivity index (χ2v) is 4.71. The predicted octanol–water partition coefficient (Wildman–Crippen LogP) is 3.96. The van der Waals surface area contributed by atoms with Crippen LogP contribution >= 0.6 is 0 Å². The van der Waals surface area contributed by atoms with E-state index in [2.05, 4.69) is 4.98 Å². The standard InChI is InChI=1S/C15H11F3N2O/c1-20-12-4-2-3-11(9-5-7-10(21)8-6-9)13(12)19-14(20)15(16,17)18/h2-8,21H,1H3. The number of imidazole rings is 1. The molecule has 6 heteroatoms. The number of aryl methyl sites for hydroxylation is 1. The zero-order valence-corrected chi connectivity index (χ0v) is 11.0. The van der Waals surface area contributed by atoms with Crippen LogP contribution in [0, 0.1) is 0 Å². The summed E-state index contributed by atoms with van der Waals surface area (Å²) in [5.74, 6) is -0.827. The van der Waals surface area contributed by atoms with E-state index in [4.69, 9.17) is 0 Å². The number of hydrogen-bond acceptors (Lipinski definition) is 2. The van der Waals surface area contributed by atoms with Crippen molar-refractivity contribution in [1.82, 2.24) is 9.55 Å². The van der Waals surface area contributed by atoms with Crippen molar-refractivity contribution < 1.29 is 18.3 Å². The van der Waals surface area contributed by atoms with Gasteiger partial charge >= 0.3 is 6.18 Å². The Balaban J connectivity index is 2.28. The topological polar surface area (TPSA) is 38.0 Å². The molecule has 3 aromatic rings. The van der Waals surface area contributed by atoms with Crippen LogP contribution < -0.4 is 0 Å². The Morgan fingerprint density at radius 2 is 1.71 bits per heavy atom. The van der Waals surface area contributed by atoms with Crippen LogP contribution in [-0.2, 0) is 13.2 Å². The number of rotatable bonds is 1. The summed E-state index contributed by atoms with van der Waals surface area (Å²) < 4.78 is 39.9. The number of aromatic hydroxyl groups is 1. The number of alkyl halides is 3. The highest BCUT2D eigenvalue weighted by molar-refractivity contribution is 5.92. The van der Waals surface area contributed by atoms with E-state index in [0.717, 1.165) is 4.57 Å². The highest BCUT2D eigenvalue weighted by Gasteiger charge is 2.37. The smallest absolute Gasteiger partial charge is 0.449 e. The van der Waals surface area contributed by atoms with Crippen molar-refractivity contribution in [3.8, 4) is 16.9 Å². The number of phenolic OH excluding ortho intramolecular Hbond substituents is 1. The Kier molecular flexibility index (Phi) is 2.90. The average Bonchev–Trinajstić information content (AvgIpc) is 2.77. The zero-order valence-electron chi connectivity index (χ0n) is 11.0. The molecule has 21 heavy (non-hydrogen) atoms. The van der Waals surface area contributed by atoms with Crippen molar-refractivity contribution in [3.63, 3.8) is 0 Å². The molecule has 3 nitrogen and oxygen atoms in total. The molecule has 108 valence electrons. The van der Waals surface area contributed by atoms with Crippen molar-refractivity contribution >= 4 is 11.0 Å². The third-order valence-electron chi connectivity index (χ3n) is 3.34. The predicted molar refractivity (Wildman–Crippen MR) is 72.8 cm³/mol. The fourth-order valence-corrected chi connectivity index (χ4v) is 2.34. The van der Waals surface area contributed by atoms with Gasteiger partial charge in [-0.25, -0.2) is 4.98 Å². The number of halogens is 3. The van der Waals surface area contributed by atoms with Crippen LogP contribution in [0.5, 0.6) is 5.75 Å². The molecule has 1 aromatic heterocycles. The van der Waals surface area contributed by atoms with Crippen LogP contribution in [0.25, 0.3) is 22.2 Å². The Morgan fingerprint density at radius 1 is 1.05 bits per heavy atom. The zero-order chi connectivity index (χ0) is 15.2. The minimum Gasteiger partial charge on any atom is -0.508 e. The fraction of sp³-hybridized carbons (Fsp3) is 0.133. The minimum absolute atomic E-state index is 0.0999. The molecule has 0 fully saturated rings. The van der Waals surface area contributed by atoms with Crippen molar-refractivity contribution in [2.45, 2.75) is 6.18 Å². The lowest BCUT2D eigenvalue weighted by Gasteiger charge is -2.05. The van der Waals surface area contributed by atoms with Crippen molar-refractivity contribution in [2.75, 3.05) is 0 Å². The summed E-state index contributed by atoms with van der Waals surface area (Å²) >= 11 is 0. The van der Waals surface area contributed by atoms with E-state index in [1.165, 1.54) is 19.2 Å². The molecule has 0 aliphatic rings. The molecule has 0 aliphatic carbocycles. The van der Waals surface area contributed by atoms with Gasteiger partial charge in [0.15, 0.2) is 0 Å². The molecule has 0 saturated heterocycles. The van der Waals surface area contributed by atoms with E-state index in [1.54, 1.807) is 30.3 Å². The molecule has 0 spiro atoms. The van der Waals surface area contributed by atoms with Gasteiger partial charge in [-0.1, -0.05) is 24.3 Å². The highest BCUT2D eigenvalue weighted by atomic mass is 19.4. The Labute approximate surface area is 118 Å². The fourth-order valence-electron chi connectivity index (χ4n) is 2.34. The van der Waals surface area contributed by atoms with Gasteiger partial charge in [0.25, 0.3) is 0 Å². The summed E-state index contributed by atoms with van der Waals surface area (Å²) in [5.41, 5.74) is 2.00. The van der Waals surface area contributed by atoms with Gasteiger partial charge in [-0.2, -0.15) is 13.2 Å². The molecule has 2 aromatic carbocycles. The van der Waals surface area contributed by atoms with E-state index in [9.17, 15) is 18.3 Å². The van der Waals surface area contributed by atoms with Crippen molar-refractivity contribution in [2.24, 2.45) is 7.05 Å². The average molecular weight is 292 g/mol. The Bertz CT molecular complexity index is 804. The number of para-hydroxylation sites is 1. The van der Waals surface area contributed by atoms with Gasteiger partial charge in [0.05, 0.1) is 11.0 Å². The largest absolute Gasteiger partial charge is 0.508 e. The van der Waals surface area contributed by atoms with E-state index in [1.807, 2.05) is 0 Å². The van der Waals surface area contributed by atoms with Gasteiger partial charge in [-0.15, -0.1) is 0 Å². The lowest BCUT2D eigenvalue weighted by molar-refractivity contribution is -0.146. The third-order valence-corrected chi connectivity index (χ3v) is 3.34. The van der Waals surface area contributed by atoms with Gasteiger partial charge in [0.1, 0.15) is 5.75 Å². The maximum Gasteiger partial charge on any atom is 0.449 e. The second-order valence-electron chi connectivity index (χ2n) is 4.71. The molecule has 0 saturated carbocycles. The first-order valence-electron chi connectivity index (χ1n) is 6.20. The van der Waals surface area contributed by atoms with E-state index >= 15 is 0 Å². The van der Waals surface area contributed by atoms with Crippen molar-refractivity contribution in [1.29, 1.82) is 0 Å². The molecular formula is C15H11F3N2O. The van der Waals surface area contributed by atoms with E-state index in [0.29, 0.717) is 16.6 Å². The number of fused-ring (bicyclic) bond motifs is 1. The molecule has 0 aliphatic heterocycles. The summed E-state index contributed by atoms with van der Waals surface area (Å²) in [6.07, 6.45) is -4.50. The van der Waals surface area contributed by atoms with E-state index in [-0.39, 0.29) is 11.3 Å². The minimum atomic E-state index is -4.50. The molecule has 0 atom stereocenters. The third kappa shape index (κ3) is 2.22. The van der Waals surface area contributed by atoms with Gasteiger partial charge in [0.2, 0.25) is 5.82 Å². The monoisotopic (exact) mass is 292 g/mol. The Hall–Kier alpha value is -2.50. The highest BCUT2D eigenvalue weighted by Crippen LogP contribution is 2.34. The summed E-state index contributed by atoms with van der Waals surface area (Å²) in [6, 6.07) is 11.3. The molecule has 0 radical (unpaired) electrons. The molecule has 0 bridgehead atoms. The normalized spacial score (nSPS) is 12.0. The molecule has 0 unspecified atom stereocenters. The maximum absolute atomic E-state index is 13.0. The van der Waals surface area contributed by atoms with Crippen LogP contribution in [0.2, 0.25) is 0 Å². The first-order valence-corrected chi connectivity index (χ1v) is 6.20. The number of hydrogen-bond donors (Lipinski definition) is 1. The molecule has 1 heterocycles. The second kappa shape index (κ2) is 4.51. The summed E-state index contributed by atoms with van der Waals surface area (Å²) in [5, 5.41) is 9.30. The number of aromatic nitrogens is 2. The van der Waals surface area contributed by atoms with Gasteiger partial charge in [-0.3, -0.25) is 0 Å². The first-order chi connectivity index (χ1) is 9.88. The number of benzene rings is 2. The van der Waals surface area contributed by atoms with Crippen molar-refractivity contribution in [3.05, 3.63) is 48.3 Å². The summed E-state index contributed by atoms with van der Waals surface area (Å²) in [7, 11) is 1.35. The summed E-state index contributed by atoms with van der Waals surface area (Å²) in [4.78, 5) is 3.76.